The molecule has 0 bridgehead atoms. The number of sulfonamides is 1. The molecule has 1 aromatic rings. The fraction of sp³-hybridized carbons (Fsp3) is 0.444. The molecule has 0 saturated heterocycles. The van der Waals surface area contributed by atoms with Crippen molar-refractivity contribution in [2.45, 2.75) is 30.6 Å². The molecule has 0 spiro atoms. The molecule has 6 nitrogen and oxygen atoms in total. The molecule has 96 valence electrons. The first-order valence-electron chi connectivity index (χ1n) is 4.97. The predicted molar refractivity (Wildman–Crippen MR) is 69.3 cm³/mol. The maximum Gasteiger partial charge on any atom is 0.247 e. The normalized spacial score (nSPS) is 13.1. The minimum Gasteiger partial charge on any atom is -0.370 e. The molecule has 1 heterocycles. The topological polar surface area (TPSA) is 111 Å². The quantitative estimate of drug-likeness (QED) is 0.539. The minimum atomic E-state index is -3.62. The Morgan fingerprint density at radius 3 is 2.65 bits per heavy atom. The van der Waals surface area contributed by atoms with Crippen LogP contribution in [0.1, 0.15) is 18.7 Å². The summed E-state index contributed by atoms with van der Waals surface area (Å²) in [7, 11) is -3.62. The van der Waals surface area contributed by atoms with Gasteiger partial charge in [0.25, 0.3) is 0 Å². The molecule has 0 aromatic carbocycles. The third-order valence-corrected chi connectivity index (χ3v) is 4.27. The van der Waals surface area contributed by atoms with E-state index in [1.54, 1.807) is 6.07 Å². The lowest BCUT2D eigenvalue weighted by molar-refractivity contribution is 0.600. The summed E-state index contributed by atoms with van der Waals surface area (Å²) in [6.07, 6.45) is 0. The van der Waals surface area contributed by atoms with Gasteiger partial charge in [0.1, 0.15) is 4.21 Å². The molecule has 8 heteroatoms. The van der Waals surface area contributed by atoms with Crippen LogP contribution in [-0.2, 0) is 16.6 Å². The van der Waals surface area contributed by atoms with Gasteiger partial charge < -0.3 is 11.1 Å². The second-order valence-corrected chi connectivity index (χ2v) is 6.72. The molecule has 0 saturated carbocycles. The van der Waals surface area contributed by atoms with Crippen LogP contribution in [0.5, 0.6) is 0 Å². The Morgan fingerprint density at radius 1 is 1.53 bits per heavy atom. The van der Waals surface area contributed by atoms with E-state index < -0.39 is 10.0 Å². The zero-order valence-corrected chi connectivity index (χ0v) is 11.3. The van der Waals surface area contributed by atoms with Crippen molar-refractivity contribution in [2.24, 2.45) is 15.9 Å². The predicted octanol–water partition coefficient (Wildman–Crippen LogP) is 0.208. The molecule has 5 N–H and O–H groups in total. The average Bonchev–Trinajstić information content (AvgIpc) is 2.61. The SMILES string of the molecule is CC(C)NC(N)=NCc1ccc(S(N)(=O)=O)s1. The van der Waals surface area contributed by atoms with Crippen molar-refractivity contribution < 1.29 is 8.42 Å². The van der Waals surface area contributed by atoms with Gasteiger partial charge in [-0.15, -0.1) is 11.3 Å². The first kappa shape index (κ1) is 13.9. The van der Waals surface area contributed by atoms with E-state index in [9.17, 15) is 8.42 Å². The number of hydrogen-bond acceptors (Lipinski definition) is 4. The smallest absolute Gasteiger partial charge is 0.247 e. The van der Waals surface area contributed by atoms with Crippen LogP contribution in [0.3, 0.4) is 0 Å². The van der Waals surface area contributed by atoms with Gasteiger partial charge >= 0.3 is 0 Å². The van der Waals surface area contributed by atoms with Gasteiger partial charge in [0.05, 0.1) is 6.54 Å². The zero-order chi connectivity index (χ0) is 13.1. The van der Waals surface area contributed by atoms with Gasteiger partial charge in [-0.25, -0.2) is 18.5 Å². The highest BCUT2D eigenvalue weighted by Crippen LogP contribution is 2.20. The van der Waals surface area contributed by atoms with Crippen molar-refractivity contribution >= 4 is 27.3 Å². The summed E-state index contributed by atoms with van der Waals surface area (Å²) < 4.78 is 22.2. The van der Waals surface area contributed by atoms with Gasteiger partial charge in [-0.3, -0.25) is 0 Å². The number of rotatable bonds is 4. The Hall–Kier alpha value is -1.12. The number of thiophene rings is 1. The van der Waals surface area contributed by atoms with Crippen LogP contribution in [0.15, 0.2) is 21.3 Å². The lowest BCUT2D eigenvalue weighted by Crippen LogP contribution is -2.36. The summed E-state index contributed by atoms with van der Waals surface area (Å²) in [5.41, 5.74) is 5.62. The number of hydrogen-bond donors (Lipinski definition) is 3. The molecule has 17 heavy (non-hydrogen) atoms. The molecule has 0 atom stereocenters. The summed E-state index contributed by atoms with van der Waals surface area (Å²) in [6.45, 7) is 4.24. The first-order chi connectivity index (χ1) is 7.79. The monoisotopic (exact) mass is 276 g/mol. The summed E-state index contributed by atoms with van der Waals surface area (Å²) in [4.78, 5) is 4.88. The van der Waals surface area contributed by atoms with Crippen molar-refractivity contribution in [3.05, 3.63) is 17.0 Å². The molecular weight excluding hydrogens is 260 g/mol. The minimum absolute atomic E-state index is 0.137. The second-order valence-electron chi connectivity index (χ2n) is 3.77. The van der Waals surface area contributed by atoms with E-state index in [0.717, 1.165) is 16.2 Å². The number of nitrogens with one attached hydrogen (secondary N) is 1. The van der Waals surface area contributed by atoms with Crippen molar-refractivity contribution in [3.63, 3.8) is 0 Å². The van der Waals surface area contributed by atoms with E-state index in [2.05, 4.69) is 10.3 Å². The number of aliphatic imine (C=N–C) groups is 1. The zero-order valence-electron chi connectivity index (χ0n) is 9.67. The Morgan fingerprint density at radius 2 is 2.18 bits per heavy atom. The number of guanidine groups is 1. The Balaban J connectivity index is 2.68. The number of nitrogens with zero attached hydrogens (tertiary/aromatic N) is 1. The van der Waals surface area contributed by atoms with E-state index in [0.29, 0.717) is 12.5 Å². The van der Waals surface area contributed by atoms with Crippen molar-refractivity contribution in [3.8, 4) is 0 Å². The highest BCUT2D eigenvalue weighted by molar-refractivity contribution is 7.91. The van der Waals surface area contributed by atoms with Crippen LogP contribution >= 0.6 is 11.3 Å². The van der Waals surface area contributed by atoms with Crippen molar-refractivity contribution in [1.82, 2.24) is 5.32 Å². The fourth-order valence-electron chi connectivity index (χ4n) is 1.10. The van der Waals surface area contributed by atoms with Crippen LogP contribution in [0, 0.1) is 0 Å². The van der Waals surface area contributed by atoms with Crippen LogP contribution in [-0.4, -0.2) is 20.4 Å². The Labute approximate surface area is 105 Å². The van der Waals surface area contributed by atoms with E-state index >= 15 is 0 Å². The molecule has 0 unspecified atom stereocenters. The van der Waals surface area contributed by atoms with Crippen LogP contribution < -0.4 is 16.2 Å². The van der Waals surface area contributed by atoms with Gasteiger partial charge in [0.2, 0.25) is 10.0 Å². The summed E-state index contributed by atoms with van der Waals surface area (Å²) in [5, 5.41) is 7.94. The maximum atomic E-state index is 11.0. The second kappa shape index (κ2) is 5.48. The van der Waals surface area contributed by atoms with Crippen molar-refractivity contribution in [2.75, 3.05) is 0 Å². The maximum absolute atomic E-state index is 11.0. The summed E-state index contributed by atoms with van der Waals surface area (Å²) in [5.74, 6) is 0.338. The standard InChI is InChI=1S/C9H16N4O2S2/c1-6(2)13-9(10)12-5-7-3-4-8(16-7)17(11,14)15/h3-4,6H,5H2,1-2H3,(H3,10,12,13)(H2,11,14,15). The lowest BCUT2D eigenvalue weighted by atomic mass is 10.4. The molecule has 0 aliphatic carbocycles. The largest absolute Gasteiger partial charge is 0.370 e. The molecule has 0 aliphatic heterocycles. The molecule has 1 rings (SSSR count). The van der Waals surface area contributed by atoms with E-state index in [1.165, 1.54) is 6.07 Å². The average molecular weight is 276 g/mol. The third kappa shape index (κ3) is 4.72. The molecule has 0 radical (unpaired) electrons. The highest BCUT2D eigenvalue weighted by Gasteiger charge is 2.10. The lowest BCUT2D eigenvalue weighted by Gasteiger charge is -2.07. The molecule has 0 aliphatic rings. The summed E-state index contributed by atoms with van der Waals surface area (Å²) >= 11 is 1.10. The summed E-state index contributed by atoms with van der Waals surface area (Å²) in [6, 6.07) is 3.36. The molecule has 0 fully saturated rings. The van der Waals surface area contributed by atoms with Crippen LogP contribution in [0.2, 0.25) is 0 Å². The molecular formula is C9H16N4O2S2. The van der Waals surface area contributed by atoms with E-state index in [1.807, 2.05) is 13.8 Å². The van der Waals surface area contributed by atoms with Crippen molar-refractivity contribution in [1.29, 1.82) is 0 Å². The Bertz CT molecular complexity index is 505. The van der Waals surface area contributed by atoms with Gasteiger partial charge in [0, 0.05) is 10.9 Å². The molecule has 1 aromatic heterocycles. The number of primary sulfonamides is 1. The molecule has 0 amide bonds. The van der Waals surface area contributed by atoms with Gasteiger partial charge in [0.15, 0.2) is 5.96 Å². The van der Waals surface area contributed by atoms with Crippen LogP contribution in [0.4, 0.5) is 0 Å². The fourth-order valence-corrected chi connectivity index (χ4v) is 2.80. The van der Waals surface area contributed by atoms with E-state index in [-0.39, 0.29) is 10.3 Å². The van der Waals surface area contributed by atoms with Gasteiger partial charge in [-0.05, 0) is 26.0 Å². The van der Waals surface area contributed by atoms with Crippen LogP contribution in [0.25, 0.3) is 0 Å². The van der Waals surface area contributed by atoms with E-state index in [4.69, 9.17) is 10.9 Å². The van der Waals surface area contributed by atoms with Gasteiger partial charge in [-0.1, -0.05) is 0 Å². The van der Waals surface area contributed by atoms with Gasteiger partial charge in [-0.2, -0.15) is 0 Å². The highest BCUT2D eigenvalue weighted by atomic mass is 32.2. The first-order valence-corrected chi connectivity index (χ1v) is 7.33. The number of nitrogens with two attached hydrogens (primary N) is 2. The Kier molecular flexibility index (Phi) is 4.49. The third-order valence-electron chi connectivity index (χ3n) is 1.76.